The molecule has 2 unspecified atom stereocenters. The molecule has 0 saturated heterocycles. The van der Waals surface area contributed by atoms with Gasteiger partial charge in [-0.05, 0) is 51.2 Å². The van der Waals surface area contributed by atoms with Crippen LogP contribution in [0, 0.1) is 5.92 Å². The molecule has 0 radical (unpaired) electrons. The van der Waals surface area contributed by atoms with Gasteiger partial charge in [-0.2, -0.15) is 0 Å². The van der Waals surface area contributed by atoms with E-state index in [1.165, 1.54) is 11.1 Å². The van der Waals surface area contributed by atoms with Crippen molar-refractivity contribution in [1.82, 2.24) is 10.6 Å². The maximum atomic E-state index is 12.3. The number of ether oxygens (including phenoxy) is 1. The number of hydrogen-bond donors (Lipinski definition) is 2. The van der Waals surface area contributed by atoms with Crippen molar-refractivity contribution in [2.45, 2.75) is 58.5 Å². The van der Waals surface area contributed by atoms with Gasteiger partial charge < -0.3 is 15.4 Å². The summed E-state index contributed by atoms with van der Waals surface area (Å²) in [6.45, 7) is 8.15. The first-order valence-electron chi connectivity index (χ1n) is 9.08. The molecule has 5 heteroatoms. The maximum Gasteiger partial charge on any atom is 0.407 e. The fourth-order valence-corrected chi connectivity index (χ4v) is 3.11. The lowest BCUT2D eigenvalue weighted by Crippen LogP contribution is -2.40. The molecule has 0 aromatic heterocycles. The molecular weight excluding hydrogens is 316 g/mol. The van der Waals surface area contributed by atoms with Crippen molar-refractivity contribution in [2.24, 2.45) is 5.92 Å². The van der Waals surface area contributed by atoms with Crippen LogP contribution in [0.4, 0.5) is 4.79 Å². The van der Waals surface area contributed by atoms with E-state index in [2.05, 4.69) is 34.9 Å². The van der Waals surface area contributed by atoms with Crippen LogP contribution in [0.1, 0.15) is 57.6 Å². The van der Waals surface area contributed by atoms with Crippen LogP contribution in [-0.2, 0) is 16.0 Å². The van der Waals surface area contributed by atoms with Crippen molar-refractivity contribution in [3.8, 4) is 0 Å². The van der Waals surface area contributed by atoms with E-state index in [1.807, 2.05) is 27.7 Å². The van der Waals surface area contributed by atoms with Gasteiger partial charge >= 0.3 is 6.09 Å². The van der Waals surface area contributed by atoms with E-state index in [1.54, 1.807) is 0 Å². The summed E-state index contributed by atoms with van der Waals surface area (Å²) in [5.41, 5.74) is 2.21. The van der Waals surface area contributed by atoms with E-state index in [0.29, 0.717) is 12.5 Å². The van der Waals surface area contributed by atoms with Gasteiger partial charge in [0.15, 0.2) is 0 Å². The standard InChI is InChI=1S/C20H30N2O3/c1-14(12-22-19(24)25-20(2,3)4)18(23)21-13-16-10-7-9-15-8-5-6-11-17(15)16/h5-6,8,11,14,16H,7,9-10,12-13H2,1-4H3,(H,21,23)(H,22,24). The third-order valence-electron chi connectivity index (χ3n) is 4.42. The van der Waals surface area contributed by atoms with E-state index in [9.17, 15) is 9.59 Å². The van der Waals surface area contributed by atoms with E-state index in [-0.39, 0.29) is 18.4 Å². The third-order valence-corrected chi connectivity index (χ3v) is 4.42. The van der Waals surface area contributed by atoms with Crippen molar-refractivity contribution >= 4 is 12.0 Å². The van der Waals surface area contributed by atoms with Gasteiger partial charge in [0.05, 0.1) is 5.92 Å². The van der Waals surface area contributed by atoms with Crippen LogP contribution >= 0.6 is 0 Å². The second-order valence-electron chi connectivity index (χ2n) is 7.82. The van der Waals surface area contributed by atoms with Gasteiger partial charge in [-0.15, -0.1) is 0 Å². The molecule has 0 fully saturated rings. The minimum absolute atomic E-state index is 0.0425. The molecule has 1 aliphatic carbocycles. The lowest BCUT2D eigenvalue weighted by molar-refractivity contribution is -0.124. The van der Waals surface area contributed by atoms with Gasteiger partial charge in [0.25, 0.3) is 0 Å². The van der Waals surface area contributed by atoms with Crippen molar-refractivity contribution in [1.29, 1.82) is 0 Å². The summed E-state index contributed by atoms with van der Waals surface area (Å²) in [5, 5.41) is 5.69. The zero-order chi connectivity index (χ0) is 18.4. The summed E-state index contributed by atoms with van der Waals surface area (Å²) < 4.78 is 5.18. The molecule has 2 amide bonds. The number of nitrogens with one attached hydrogen (secondary N) is 2. The molecule has 0 heterocycles. The summed E-state index contributed by atoms with van der Waals surface area (Å²) in [4.78, 5) is 24.0. The average molecular weight is 346 g/mol. The Kier molecular flexibility index (Phi) is 6.45. The molecule has 5 nitrogen and oxygen atoms in total. The number of alkyl carbamates (subject to hydrolysis) is 1. The molecule has 1 aromatic carbocycles. The highest BCUT2D eigenvalue weighted by molar-refractivity contribution is 5.79. The Bertz CT molecular complexity index is 607. The minimum atomic E-state index is -0.538. The second kappa shape index (κ2) is 8.37. The largest absolute Gasteiger partial charge is 0.444 e. The zero-order valence-electron chi connectivity index (χ0n) is 15.7. The summed E-state index contributed by atoms with van der Waals surface area (Å²) in [6, 6.07) is 8.48. The molecule has 0 saturated carbocycles. The van der Waals surface area contributed by atoms with E-state index in [4.69, 9.17) is 4.74 Å². The second-order valence-corrected chi connectivity index (χ2v) is 7.82. The highest BCUT2D eigenvalue weighted by atomic mass is 16.6. The average Bonchev–Trinajstić information content (AvgIpc) is 2.56. The van der Waals surface area contributed by atoms with Crippen LogP contribution in [0.5, 0.6) is 0 Å². The number of carbonyl (C=O) groups excluding carboxylic acids is 2. The number of aryl methyl sites for hydroxylation is 1. The lowest BCUT2D eigenvalue weighted by Gasteiger charge is -2.26. The highest BCUT2D eigenvalue weighted by Gasteiger charge is 2.22. The zero-order valence-corrected chi connectivity index (χ0v) is 15.7. The molecule has 2 rings (SSSR count). The first kappa shape index (κ1) is 19.3. The van der Waals surface area contributed by atoms with E-state index < -0.39 is 11.7 Å². The SMILES string of the molecule is CC(CNC(=O)OC(C)(C)C)C(=O)NCC1CCCc2ccccc21. The van der Waals surface area contributed by atoms with Crippen LogP contribution < -0.4 is 10.6 Å². The van der Waals surface area contributed by atoms with Gasteiger partial charge in [-0.1, -0.05) is 31.2 Å². The van der Waals surface area contributed by atoms with Crippen LogP contribution in [0.15, 0.2) is 24.3 Å². The van der Waals surface area contributed by atoms with Gasteiger partial charge in [0.2, 0.25) is 5.91 Å². The van der Waals surface area contributed by atoms with E-state index in [0.717, 1.165) is 19.3 Å². The van der Waals surface area contributed by atoms with E-state index >= 15 is 0 Å². The van der Waals surface area contributed by atoms with Crippen LogP contribution in [0.3, 0.4) is 0 Å². The van der Waals surface area contributed by atoms with Crippen molar-refractivity contribution in [2.75, 3.05) is 13.1 Å². The van der Waals surface area contributed by atoms with Crippen LogP contribution in [0.2, 0.25) is 0 Å². The predicted octanol–water partition coefficient (Wildman–Crippen LogP) is 3.38. The summed E-state index contributed by atoms with van der Waals surface area (Å²) in [7, 11) is 0. The fraction of sp³-hybridized carbons (Fsp3) is 0.600. The third kappa shape index (κ3) is 6.07. The Labute approximate surface area is 150 Å². The molecule has 0 spiro atoms. The first-order valence-corrected chi connectivity index (χ1v) is 9.08. The molecule has 138 valence electrons. The fourth-order valence-electron chi connectivity index (χ4n) is 3.11. The topological polar surface area (TPSA) is 67.4 Å². The number of rotatable bonds is 5. The summed E-state index contributed by atoms with van der Waals surface area (Å²) in [5.74, 6) is 0.0328. The molecule has 0 bridgehead atoms. The first-order chi connectivity index (χ1) is 11.8. The Hall–Kier alpha value is -2.04. The van der Waals surface area contributed by atoms with Gasteiger partial charge in [-0.25, -0.2) is 4.79 Å². The number of amides is 2. The number of hydrogen-bond acceptors (Lipinski definition) is 3. The molecule has 1 aliphatic rings. The summed E-state index contributed by atoms with van der Waals surface area (Å²) >= 11 is 0. The Morgan fingerprint density at radius 1 is 1.24 bits per heavy atom. The molecule has 0 aliphatic heterocycles. The Morgan fingerprint density at radius 2 is 1.96 bits per heavy atom. The minimum Gasteiger partial charge on any atom is -0.444 e. The monoisotopic (exact) mass is 346 g/mol. The Balaban J connectivity index is 1.78. The number of fused-ring (bicyclic) bond motifs is 1. The molecule has 2 atom stereocenters. The predicted molar refractivity (Wildman–Crippen MR) is 98.5 cm³/mol. The normalized spacial score (nSPS) is 18.0. The molecule has 25 heavy (non-hydrogen) atoms. The van der Waals surface area contributed by atoms with Crippen LogP contribution in [-0.4, -0.2) is 30.7 Å². The number of benzene rings is 1. The maximum absolute atomic E-state index is 12.3. The van der Waals surface area contributed by atoms with Crippen molar-refractivity contribution in [3.05, 3.63) is 35.4 Å². The van der Waals surface area contributed by atoms with Gasteiger partial charge in [-0.3, -0.25) is 4.79 Å². The quantitative estimate of drug-likeness (QED) is 0.859. The molecule has 2 N–H and O–H groups in total. The molecular formula is C20H30N2O3. The number of carbonyl (C=O) groups is 2. The Morgan fingerprint density at radius 3 is 2.68 bits per heavy atom. The lowest BCUT2D eigenvalue weighted by atomic mass is 9.83. The highest BCUT2D eigenvalue weighted by Crippen LogP contribution is 2.30. The van der Waals surface area contributed by atoms with Gasteiger partial charge in [0.1, 0.15) is 5.60 Å². The van der Waals surface area contributed by atoms with Crippen molar-refractivity contribution in [3.63, 3.8) is 0 Å². The van der Waals surface area contributed by atoms with Crippen LogP contribution in [0.25, 0.3) is 0 Å². The molecule has 1 aromatic rings. The van der Waals surface area contributed by atoms with Crippen molar-refractivity contribution < 1.29 is 14.3 Å². The van der Waals surface area contributed by atoms with Gasteiger partial charge in [0, 0.05) is 19.0 Å². The smallest absolute Gasteiger partial charge is 0.407 e. The summed E-state index contributed by atoms with van der Waals surface area (Å²) in [6.07, 6.45) is 2.89.